The van der Waals surface area contributed by atoms with E-state index in [9.17, 15) is 4.79 Å². The molecule has 3 nitrogen and oxygen atoms in total. The van der Waals surface area contributed by atoms with Gasteiger partial charge >= 0.3 is 0 Å². The first-order chi connectivity index (χ1) is 11.7. The van der Waals surface area contributed by atoms with Crippen molar-refractivity contribution in [3.05, 3.63) is 82.5 Å². The lowest BCUT2D eigenvalue weighted by Gasteiger charge is -2.41. The van der Waals surface area contributed by atoms with E-state index in [-0.39, 0.29) is 11.3 Å². The van der Waals surface area contributed by atoms with E-state index < -0.39 is 5.60 Å². The molecular weight excluding hydrogens is 318 g/mol. The molecule has 2 aliphatic heterocycles. The first-order valence-corrected chi connectivity index (χ1v) is 9.18. The highest BCUT2D eigenvalue weighted by molar-refractivity contribution is 7.98. The molecule has 1 aromatic carbocycles. The Morgan fingerprint density at radius 3 is 2.92 bits per heavy atom. The standard InChI is InChI=1S/C20H15NO2S/c1-24-19-16-15(18(22)21-19)9-8-12-11-14-7-4-6-13-5-2-3-10-20(13,14)23-17(12)16/h2-11,19H,1H3,(H,21,22). The van der Waals surface area contributed by atoms with Crippen molar-refractivity contribution in [1.82, 2.24) is 5.32 Å². The fourth-order valence-corrected chi connectivity index (χ4v) is 4.47. The first kappa shape index (κ1) is 13.9. The third kappa shape index (κ3) is 1.66. The highest BCUT2D eigenvalue weighted by Crippen LogP contribution is 2.50. The third-order valence-electron chi connectivity index (χ3n) is 4.93. The lowest BCUT2D eigenvalue weighted by molar-refractivity contribution is 0.0965. The van der Waals surface area contributed by atoms with Gasteiger partial charge in [-0.15, -0.1) is 11.8 Å². The van der Waals surface area contributed by atoms with Gasteiger partial charge in [-0.1, -0.05) is 42.5 Å². The van der Waals surface area contributed by atoms with Crippen LogP contribution >= 0.6 is 11.8 Å². The van der Waals surface area contributed by atoms with Gasteiger partial charge in [0.05, 0.1) is 0 Å². The zero-order valence-corrected chi connectivity index (χ0v) is 13.9. The SMILES string of the molecule is CSC1NC(=O)c2ccc3c(c21)OC12C=CC=CC1=CC=CC2=C3. The fraction of sp³-hybridized carbons (Fsp3) is 0.150. The highest BCUT2D eigenvalue weighted by Gasteiger charge is 2.44. The van der Waals surface area contributed by atoms with Crippen LogP contribution in [0.1, 0.15) is 26.9 Å². The van der Waals surface area contributed by atoms with Crippen molar-refractivity contribution in [2.45, 2.75) is 11.0 Å². The summed E-state index contributed by atoms with van der Waals surface area (Å²) in [5, 5.41) is 2.96. The van der Waals surface area contributed by atoms with Gasteiger partial charge < -0.3 is 10.1 Å². The van der Waals surface area contributed by atoms with Crippen molar-refractivity contribution >= 4 is 23.7 Å². The van der Waals surface area contributed by atoms with E-state index in [2.05, 4.69) is 41.8 Å². The number of amides is 1. The summed E-state index contributed by atoms with van der Waals surface area (Å²) in [6.45, 7) is 0. The van der Waals surface area contributed by atoms with Crippen LogP contribution in [0.15, 0.2) is 65.8 Å². The van der Waals surface area contributed by atoms with Crippen LogP contribution in [-0.2, 0) is 0 Å². The van der Waals surface area contributed by atoms with Gasteiger partial charge in [-0.25, -0.2) is 0 Å². The molecule has 2 heterocycles. The van der Waals surface area contributed by atoms with Gasteiger partial charge in [-0.3, -0.25) is 4.79 Å². The smallest absolute Gasteiger partial charge is 0.252 e. The Balaban J connectivity index is 1.76. The Bertz CT molecular complexity index is 935. The Kier molecular flexibility index (Phi) is 2.77. The number of hydrogen-bond donors (Lipinski definition) is 1. The lowest BCUT2D eigenvalue weighted by atomic mass is 9.77. The van der Waals surface area contributed by atoms with Crippen molar-refractivity contribution in [3.8, 4) is 5.75 Å². The molecule has 2 aliphatic carbocycles. The number of rotatable bonds is 1. The van der Waals surface area contributed by atoms with Crippen molar-refractivity contribution in [2.24, 2.45) is 0 Å². The van der Waals surface area contributed by atoms with E-state index in [4.69, 9.17) is 4.74 Å². The van der Waals surface area contributed by atoms with E-state index in [1.54, 1.807) is 11.8 Å². The van der Waals surface area contributed by atoms with Crippen LogP contribution < -0.4 is 10.1 Å². The van der Waals surface area contributed by atoms with Crippen LogP contribution in [0.25, 0.3) is 6.08 Å². The molecule has 118 valence electrons. The molecule has 0 radical (unpaired) electrons. The van der Waals surface area contributed by atoms with E-state index in [1.807, 2.05) is 30.5 Å². The molecule has 0 fully saturated rings. The molecule has 1 aromatic rings. The second-order valence-electron chi connectivity index (χ2n) is 6.17. The van der Waals surface area contributed by atoms with Gasteiger partial charge in [0.15, 0.2) is 5.60 Å². The molecule has 0 saturated heterocycles. The Morgan fingerprint density at radius 1 is 1.17 bits per heavy atom. The summed E-state index contributed by atoms with van der Waals surface area (Å²) in [5.74, 6) is 0.788. The average Bonchev–Trinajstić information content (AvgIpc) is 2.95. The van der Waals surface area contributed by atoms with E-state index >= 15 is 0 Å². The lowest BCUT2D eigenvalue weighted by Crippen LogP contribution is -2.41. The minimum atomic E-state index is -0.583. The van der Waals surface area contributed by atoms with Crippen LogP contribution in [0, 0.1) is 0 Å². The van der Waals surface area contributed by atoms with Gasteiger partial charge in [0.25, 0.3) is 5.91 Å². The number of carbonyl (C=O) groups is 1. The monoisotopic (exact) mass is 333 g/mol. The van der Waals surface area contributed by atoms with Gasteiger partial charge in [0.2, 0.25) is 0 Å². The number of fused-ring (bicyclic) bond motifs is 3. The third-order valence-corrected chi connectivity index (χ3v) is 5.76. The van der Waals surface area contributed by atoms with Crippen molar-refractivity contribution in [3.63, 3.8) is 0 Å². The van der Waals surface area contributed by atoms with Crippen molar-refractivity contribution in [2.75, 3.05) is 6.26 Å². The van der Waals surface area contributed by atoms with E-state index in [0.29, 0.717) is 5.56 Å². The highest BCUT2D eigenvalue weighted by atomic mass is 32.2. The quantitative estimate of drug-likeness (QED) is 0.846. The number of nitrogens with one attached hydrogen (secondary N) is 1. The first-order valence-electron chi connectivity index (χ1n) is 7.89. The maximum atomic E-state index is 12.2. The number of thioether (sulfide) groups is 1. The summed E-state index contributed by atoms with van der Waals surface area (Å²) in [7, 11) is 0. The summed E-state index contributed by atoms with van der Waals surface area (Å²) in [4.78, 5) is 12.2. The Labute approximate surface area is 144 Å². The van der Waals surface area contributed by atoms with Crippen LogP contribution in [0.3, 0.4) is 0 Å². The maximum Gasteiger partial charge on any atom is 0.252 e. The molecule has 4 aliphatic rings. The van der Waals surface area contributed by atoms with Crippen LogP contribution in [0.4, 0.5) is 0 Å². The minimum absolute atomic E-state index is 0.0265. The largest absolute Gasteiger partial charge is 0.473 e. The molecule has 0 bridgehead atoms. The zero-order valence-electron chi connectivity index (χ0n) is 13.1. The summed E-state index contributed by atoms with van der Waals surface area (Å²) < 4.78 is 6.62. The number of ether oxygens (including phenoxy) is 1. The molecule has 0 saturated carbocycles. The average molecular weight is 333 g/mol. The molecular formula is C20H15NO2S. The molecule has 5 rings (SSSR count). The number of carbonyl (C=O) groups excluding carboxylic acids is 1. The van der Waals surface area contributed by atoms with Gasteiger partial charge in [-0.05, 0) is 24.5 Å². The van der Waals surface area contributed by atoms with Gasteiger partial charge in [0, 0.05) is 27.8 Å². The summed E-state index contributed by atoms with van der Waals surface area (Å²) in [5.41, 5.74) is 4.35. The molecule has 2 unspecified atom stereocenters. The maximum absolute atomic E-state index is 12.2. The molecule has 1 spiro atoms. The van der Waals surface area contributed by atoms with Crippen molar-refractivity contribution < 1.29 is 9.53 Å². The molecule has 0 aromatic heterocycles. The second kappa shape index (κ2) is 4.77. The summed E-state index contributed by atoms with van der Waals surface area (Å²) >= 11 is 1.61. The zero-order chi connectivity index (χ0) is 16.3. The van der Waals surface area contributed by atoms with Crippen LogP contribution in [0.2, 0.25) is 0 Å². The van der Waals surface area contributed by atoms with E-state index in [0.717, 1.165) is 28.0 Å². The predicted octanol–water partition coefficient (Wildman–Crippen LogP) is 3.93. The summed E-state index contributed by atoms with van der Waals surface area (Å²) in [6, 6.07) is 3.88. The fourth-order valence-electron chi connectivity index (χ4n) is 3.78. The predicted molar refractivity (Wildman–Crippen MR) is 97.0 cm³/mol. The summed E-state index contributed by atoms with van der Waals surface area (Å²) in [6.07, 6.45) is 18.6. The molecule has 4 heteroatoms. The number of allylic oxidation sites excluding steroid dienone is 4. The number of hydrogen-bond acceptors (Lipinski definition) is 3. The van der Waals surface area contributed by atoms with Crippen LogP contribution in [0.5, 0.6) is 5.75 Å². The van der Waals surface area contributed by atoms with Gasteiger partial charge in [-0.2, -0.15) is 0 Å². The molecule has 1 N–H and O–H groups in total. The molecule has 1 amide bonds. The normalized spacial score (nSPS) is 28.0. The van der Waals surface area contributed by atoms with Crippen LogP contribution in [-0.4, -0.2) is 17.8 Å². The minimum Gasteiger partial charge on any atom is -0.473 e. The topological polar surface area (TPSA) is 38.3 Å². The van der Waals surface area contributed by atoms with Gasteiger partial charge in [0.1, 0.15) is 11.1 Å². The second-order valence-corrected chi connectivity index (χ2v) is 7.11. The molecule has 2 atom stereocenters. The molecule has 24 heavy (non-hydrogen) atoms. The Hall–Kier alpha value is -2.46. The number of benzene rings is 1. The Morgan fingerprint density at radius 2 is 2.04 bits per heavy atom. The van der Waals surface area contributed by atoms with E-state index in [1.165, 1.54) is 0 Å². The van der Waals surface area contributed by atoms with Crippen molar-refractivity contribution in [1.29, 1.82) is 0 Å².